The molecule has 0 radical (unpaired) electrons. The molecule has 1 aliphatic rings. The summed E-state index contributed by atoms with van der Waals surface area (Å²) in [6, 6.07) is 10.6. The van der Waals surface area contributed by atoms with E-state index in [1.165, 1.54) is 10.9 Å². The van der Waals surface area contributed by atoms with Crippen LogP contribution < -0.4 is 4.90 Å². The summed E-state index contributed by atoms with van der Waals surface area (Å²) in [6.07, 6.45) is 2.59. The standard InChI is InChI=1S/C17H21BrN2O/c1-2-21-15-7-9-20(10-8-15)17-14(12-18)11-13-5-3-4-6-16(13)19-17/h3-6,11,15H,2,7-10,12H2,1H3. The molecule has 1 aliphatic heterocycles. The third kappa shape index (κ3) is 3.22. The minimum absolute atomic E-state index is 0.416. The van der Waals surface area contributed by atoms with Crippen molar-refractivity contribution < 1.29 is 4.74 Å². The second kappa shape index (κ2) is 6.75. The van der Waals surface area contributed by atoms with Crippen molar-refractivity contribution in [2.45, 2.75) is 31.2 Å². The normalized spacial score (nSPS) is 16.6. The Morgan fingerprint density at radius 1 is 1.29 bits per heavy atom. The molecule has 1 aromatic heterocycles. The molecule has 0 saturated carbocycles. The number of piperidine rings is 1. The first-order valence-corrected chi connectivity index (χ1v) is 8.75. The lowest BCUT2D eigenvalue weighted by Gasteiger charge is -2.33. The Hall–Kier alpha value is -1.13. The number of fused-ring (bicyclic) bond motifs is 1. The van der Waals surface area contributed by atoms with Gasteiger partial charge in [0.25, 0.3) is 0 Å². The number of hydrogen-bond acceptors (Lipinski definition) is 3. The number of ether oxygens (including phenoxy) is 1. The summed E-state index contributed by atoms with van der Waals surface area (Å²) in [5.41, 5.74) is 2.34. The van der Waals surface area contributed by atoms with Crippen molar-refractivity contribution in [2.24, 2.45) is 0 Å². The van der Waals surface area contributed by atoms with Crippen molar-refractivity contribution in [3.63, 3.8) is 0 Å². The summed E-state index contributed by atoms with van der Waals surface area (Å²) in [5, 5.41) is 2.05. The number of anilines is 1. The Morgan fingerprint density at radius 3 is 2.76 bits per heavy atom. The van der Waals surface area contributed by atoms with Gasteiger partial charge in [-0.05, 0) is 31.9 Å². The van der Waals surface area contributed by atoms with Crippen LogP contribution in [0.4, 0.5) is 5.82 Å². The summed E-state index contributed by atoms with van der Waals surface area (Å²) in [7, 11) is 0. The van der Waals surface area contributed by atoms with E-state index in [0.717, 1.165) is 49.2 Å². The predicted molar refractivity (Wildman–Crippen MR) is 91.2 cm³/mol. The van der Waals surface area contributed by atoms with Crippen molar-refractivity contribution >= 4 is 32.7 Å². The molecule has 21 heavy (non-hydrogen) atoms. The molecule has 0 spiro atoms. The van der Waals surface area contributed by atoms with Gasteiger partial charge in [0.2, 0.25) is 0 Å². The summed E-state index contributed by atoms with van der Waals surface area (Å²) in [4.78, 5) is 7.30. The number of aromatic nitrogens is 1. The Bertz CT molecular complexity index is 609. The van der Waals surface area contributed by atoms with E-state index < -0.39 is 0 Å². The van der Waals surface area contributed by atoms with E-state index in [0.29, 0.717) is 6.10 Å². The molecule has 3 rings (SSSR count). The van der Waals surface area contributed by atoms with Crippen LogP contribution >= 0.6 is 15.9 Å². The fraction of sp³-hybridized carbons (Fsp3) is 0.471. The number of nitrogens with zero attached hydrogens (tertiary/aromatic N) is 2. The van der Waals surface area contributed by atoms with Gasteiger partial charge in [-0.2, -0.15) is 0 Å². The van der Waals surface area contributed by atoms with Gasteiger partial charge < -0.3 is 9.64 Å². The van der Waals surface area contributed by atoms with Crippen LogP contribution in [0, 0.1) is 0 Å². The molecule has 2 heterocycles. The molecule has 4 heteroatoms. The van der Waals surface area contributed by atoms with E-state index in [2.05, 4.69) is 52.0 Å². The van der Waals surface area contributed by atoms with E-state index in [1.807, 2.05) is 6.07 Å². The van der Waals surface area contributed by atoms with Gasteiger partial charge in [-0.15, -0.1) is 0 Å². The first-order valence-electron chi connectivity index (χ1n) is 7.63. The topological polar surface area (TPSA) is 25.4 Å². The molecule has 112 valence electrons. The minimum atomic E-state index is 0.416. The highest BCUT2D eigenvalue weighted by molar-refractivity contribution is 9.08. The second-order valence-electron chi connectivity index (χ2n) is 5.44. The third-order valence-electron chi connectivity index (χ3n) is 4.07. The molecule has 3 nitrogen and oxygen atoms in total. The van der Waals surface area contributed by atoms with Crippen LogP contribution in [0.3, 0.4) is 0 Å². The minimum Gasteiger partial charge on any atom is -0.378 e. The van der Waals surface area contributed by atoms with Gasteiger partial charge >= 0.3 is 0 Å². The molecule has 0 atom stereocenters. The zero-order valence-corrected chi connectivity index (χ0v) is 14.0. The van der Waals surface area contributed by atoms with Crippen LogP contribution in [0.5, 0.6) is 0 Å². The number of rotatable bonds is 4. The fourth-order valence-corrected chi connectivity index (χ4v) is 3.40. The third-order valence-corrected chi connectivity index (χ3v) is 4.67. The highest BCUT2D eigenvalue weighted by Crippen LogP contribution is 2.28. The highest BCUT2D eigenvalue weighted by Gasteiger charge is 2.22. The smallest absolute Gasteiger partial charge is 0.133 e. The number of alkyl halides is 1. The molecule has 2 aromatic rings. The second-order valence-corrected chi connectivity index (χ2v) is 6.00. The highest BCUT2D eigenvalue weighted by atomic mass is 79.9. The van der Waals surface area contributed by atoms with Gasteiger partial charge in [-0.25, -0.2) is 4.98 Å². The Kier molecular flexibility index (Phi) is 4.76. The zero-order chi connectivity index (χ0) is 14.7. The molecular weight excluding hydrogens is 328 g/mol. The van der Waals surface area contributed by atoms with Crippen LogP contribution in [0.2, 0.25) is 0 Å². The van der Waals surface area contributed by atoms with Gasteiger partial charge in [0.1, 0.15) is 5.82 Å². The summed E-state index contributed by atoms with van der Waals surface area (Å²) < 4.78 is 5.74. The maximum Gasteiger partial charge on any atom is 0.133 e. The number of para-hydroxylation sites is 1. The van der Waals surface area contributed by atoms with E-state index in [9.17, 15) is 0 Å². The molecule has 1 saturated heterocycles. The van der Waals surface area contributed by atoms with Crippen molar-refractivity contribution in [3.05, 3.63) is 35.9 Å². The van der Waals surface area contributed by atoms with Crippen LogP contribution in [0.1, 0.15) is 25.3 Å². The monoisotopic (exact) mass is 348 g/mol. The summed E-state index contributed by atoms with van der Waals surface area (Å²) >= 11 is 3.61. The molecular formula is C17H21BrN2O. The summed E-state index contributed by atoms with van der Waals surface area (Å²) in [5.74, 6) is 1.13. The van der Waals surface area contributed by atoms with Gasteiger partial charge in [0.05, 0.1) is 11.6 Å². The largest absolute Gasteiger partial charge is 0.378 e. The van der Waals surface area contributed by atoms with E-state index >= 15 is 0 Å². The Labute approximate surface area is 134 Å². The van der Waals surface area contributed by atoms with Crippen molar-refractivity contribution in [1.29, 1.82) is 0 Å². The fourth-order valence-electron chi connectivity index (χ4n) is 2.99. The van der Waals surface area contributed by atoms with Gasteiger partial charge in [-0.3, -0.25) is 0 Å². The number of pyridine rings is 1. The lowest BCUT2D eigenvalue weighted by atomic mass is 10.1. The van der Waals surface area contributed by atoms with Crippen LogP contribution in [0.25, 0.3) is 10.9 Å². The first kappa shape index (κ1) is 14.8. The van der Waals surface area contributed by atoms with Crippen molar-refractivity contribution in [3.8, 4) is 0 Å². The van der Waals surface area contributed by atoms with E-state index in [4.69, 9.17) is 9.72 Å². The SMILES string of the molecule is CCOC1CCN(c2nc3ccccc3cc2CBr)CC1. The molecule has 1 aromatic carbocycles. The van der Waals surface area contributed by atoms with Crippen LogP contribution in [0.15, 0.2) is 30.3 Å². The average molecular weight is 349 g/mol. The van der Waals surface area contributed by atoms with Crippen molar-refractivity contribution in [2.75, 3.05) is 24.6 Å². The average Bonchev–Trinajstić information content (AvgIpc) is 2.54. The Morgan fingerprint density at radius 2 is 2.05 bits per heavy atom. The molecule has 1 fully saturated rings. The zero-order valence-electron chi connectivity index (χ0n) is 12.4. The maximum atomic E-state index is 5.74. The van der Waals surface area contributed by atoms with Gasteiger partial charge in [0.15, 0.2) is 0 Å². The molecule has 0 amide bonds. The number of hydrogen-bond donors (Lipinski definition) is 0. The number of benzene rings is 1. The quantitative estimate of drug-likeness (QED) is 0.776. The van der Waals surface area contributed by atoms with Crippen LogP contribution in [-0.4, -0.2) is 30.8 Å². The first-order chi connectivity index (χ1) is 10.3. The summed E-state index contributed by atoms with van der Waals surface area (Å²) in [6.45, 7) is 4.93. The lowest BCUT2D eigenvalue weighted by molar-refractivity contribution is 0.0458. The molecule has 0 N–H and O–H groups in total. The van der Waals surface area contributed by atoms with Gasteiger partial charge in [0, 0.05) is 36.0 Å². The van der Waals surface area contributed by atoms with Crippen molar-refractivity contribution in [1.82, 2.24) is 4.98 Å². The lowest BCUT2D eigenvalue weighted by Crippen LogP contribution is -2.38. The Balaban J connectivity index is 1.86. The number of halogens is 1. The maximum absolute atomic E-state index is 5.74. The van der Waals surface area contributed by atoms with Gasteiger partial charge in [-0.1, -0.05) is 34.1 Å². The predicted octanol–water partition coefficient (Wildman–Crippen LogP) is 4.14. The van der Waals surface area contributed by atoms with E-state index in [-0.39, 0.29) is 0 Å². The molecule has 0 bridgehead atoms. The molecule has 0 aliphatic carbocycles. The van der Waals surface area contributed by atoms with E-state index in [1.54, 1.807) is 0 Å². The molecule has 0 unspecified atom stereocenters. The van der Waals surface area contributed by atoms with Crippen LogP contribution in [-0.2, 0) is 10.1 Å².